The highest BCUT2D eigenvalue weighted by Gasteiger charge is 2.30. The summed E-state index contributed by atoms with van der Waals surface area (Å²) in [5, 5.41) is 3.33. The first kappa shape index (κ1) is 26.7. The van der Waals surface area contributed by atoms with Gasteiger partial charge in [-0.05, 0) is 66.9 Å². The number of hydrogen-bond donors (Lipinski definition) is 2. The third kappa shape index (κ3) is 6.41. The summed E-state index contributed by atoms with van der Waals surface area (Å²) in [6.07, 6.45) is 5.14. The molecular weight excluding hydrogens is 516 g/mol. The van der Waals surface area contributed by atoms with Gasteiger partial charge in [0.25, 0.3) is 5.91 Å². The molecule has 8 nitrogen and oxygen atoms in total. The molecule has 1 aromatic heterocycles. The highest BCUT2D eigenvalue weighted by atomic mass is 35.5. The van der Waals surface area contributed by atoms with E-state index in [1.807, 2.05) is 61.2 Å². The summed E-state index contributed by atoms with van der Waals surface area (Å²) in [6, 6.07) is 15.0. The van der Waals surface area contributed by atoms with Crippen LogP contribution in [0.1, 0.15) is 35.3 Å². The zero-order valence-electron chi connectivity index (χ0n) is 21.9. The molecule has 2 aliphatic rings. The van der Waals surface area contributed by atoms with Gasteiger partial charge in [-0.3, -0.25) is 9.59 Å². The van der Waals surface area contributed by atoms with E-state index < -0.39 is 0 Å². The number of hydrogen-bond acceptors (Lipinski definition) is 6. The van der Waals surface area contributed by atoms with Crippen LogP contribution >= 0.6 is 11.6 Å². The number of rotatable bonds is 6. The Morgan fingerprint density at radius 2 is 1.97 bits per heavy atom. The first-order valence-corrected chi connectivity index (χ1v) is 13.2. The molecule has 0 spiro atoms. The van der Waals surface area contributed by atoms with Gasteiger partial charge in [0.05, 0.1) is 17.2 Å². The van der Waals surface area contributed by atoms with Crippen molar-refractivity contribution in [3.63, 3.8) is 0 Å². The van der Waals surface area contributed by atoms with Crippen molar-refractivity contribution >= 4 is 29.2 Å². The molecular formula is C30H31ClN4O4. The predicted octanol–water partition coefficient (Wildman–Crippen LogP) is 4.41. The number of nitrogens with two attached hydrogens (primary N) is 1. The van der Waals surface area contributed by atoms with E-state index in [0.717, 1.165) is 22.3 Å². The molecule has 3 heterocycles. The van der Waals surface area contributed by atoms with Crippen molar-refractivity contribution in [3.05, 3.63) is 88.6 Å². The number of nitrogens with zero attached hydrogens (tertiary/aromatic N) is 2. The molecule has 3 N–H and O–H groups in total. The van der Waals surface area contributed by atoms with E-state index >= 15 is 0 Å². The van der Waals surface area contributed by atoms with Crippen LogP contribution in [0.2, 0.25) is 5.02 Å². The standard InChI is InChI=1S/C30H31ClN4O4/c1-30(2)18-35(11-12-38-30)29(37)21-6-4-20(5-7-21)22-13-23-14-24(39-28(23)25(31)15-22)8-10-27(36)34-17-19-3-9-26(32)33-16-19/h3-10,13,15-16,24H,11-12,14,17-18H2,1-2H3,(H2,32,33)(H,34,36). The molecule has 1 saturated heterocycles. The molecule has 2 aromatic carbocycles. The van der Waals surface area contributed by atoms with Crippen molar-refractivity contribution in [1.82, 2.24) is 15.2 Å². The molecule has 2 aliphatic heterocycles. The number of halogens is 1. The monoisotopic (exact) mass is 546 g/mol. The molecule has 5 rings (SSSR count). The van der Waals surface area contributed by atoms with Crippen LogP contribution in [0.15, 0.2) is 66.9 Å². The summed E-state index contributed by atoms with van der Waals surface area (Å²) in [5.41, 5.74) is 9.61. The number of pyridine rings is 1. The summed E-state index contributed by atoms with van der Waals surface area (Å²) in [4.78, 5) is 31.1. The van der Waals surface area contributed by atoms with Crippen LogP contribution in [0.5, 0.6) is 5.75 Å². The van der Waals surface area contributed by atoms with Crippen LogP contribution in [0.4, 0.5) is 5.82 Å². The van der Waals surface area contributed by atoms with Gasteiger partial charge in [0.1, 0.15) is 17.7 Å². The Morgan fingerprint density at radius 1 is 1.18 bits per heavy atom. The summed E-state index contributed by atoms with van der Waals surface area (Å²) >= 11 is 6.58. The van der Waals surface area contributed by atoms with Crippen LogP contribution < -0.4 is 15.8 Å². The second-order valence-corrected chi connectivity index (χ2v) is 10.8. The Hall–Kier alpha value is -3.88. The van der Waals surface area contributed by atoms with Crippen molar-refractivity contribution in [2.24, 2.45) is 0 Å². The van der Waals surface area contributed by atoms with Crippen molar-refractivity contribution in [3.8, 4) is 16.9 Å². The largest absolute Gasteiger partial charge is 0.484 e. The van der Waals surface area contributed by atoms with Crippen LogP contribution in [-0.2, 0) is 22.5 Å². The van der Waals surface area contributed by atoms with E-state index in [4.69, 9.17) is 26.8 Å². The van der Waals surface area contributed by atoms with E-state index in [2.05, 4.69) is 10.3 Å². The number of nitrogens with one attached hydrogen (secondary N) is 1. The summed E-state index contributed by atoms with van der Waals surface area (Å²) in [7, 11) is 0. The second-order valence-electron chi connectivity index (χ2n) is 10.4. The summed E-state index contributed by atoms with van der Waals surface area (Å²) < 4.78 is 11.7. The lowest BCUT2D eigenvalue weighted by Crippen LogP contribution is -2.50. The van der Waals surface area contributed by atoms with E-state index in [1.54, 1.807) is 18.3 Å². The topological polar surface area (TPSA) is 107 Å². The molecule has 1 fully saturated rings. The number of nitrogen functional groups attached to an aromatic ring is 1. The van der Waals surface area contributed by atoms with Gasteiger partial charge >= 0.3 is 0 Å². The lowest BCUT2D eigenvalue weighted by atomic mass is 9.99. The van der Waals surface area contributed by atoms with Gasteiger partial charge in [-0.1, -0.05) is 29.8 Å². The van der Waals surface area contributed by atoms with E-state index in [1.165, 1.54) is 6.08 Å². The number of ether oxygens (including phenoxy) is 2. The minimum absolute atomic E-state index is 0.00195. The number of fused-ring (bicyclic) bond motifs is 1. The van der Waals surface area contributed by atoms with Crippen LogP contribution in [0.3, 0.4) is 0 Å². The van der Waals surface area contributed by atoms with Crippen molar-refractivity contribution < 1.29 is 19.1 Å². The number of anilines is 1. The number of carbonyl (C=O) groups excluding carboxylic acids is 2. The smallest absolute Gasteiger partial charge is 0.254 e. The fourth-order valence-electron chi connectivity index (χ4n) is 4.78. The Bertz CT molecular complexity index is 1400. The SMILES string of the molecule is CC1(C)CN(C(=O)c2ccc(-c3cc(Cl)c4c(c3)CC(C=CC(=O)NCc3ccc(N)nc3)O4)cc2)CCO1. The Labute approximate surface area is 232 Å². The quantitative estimate of drug-likeness (QED) is 0.444. The summed E-state index contributed by atoms with van der Waals surface area (Å²) in [5.74, 6) is 0.838. The minimum Gasteiger partial charge on any atom is -0.484 e. The minimum atomic E-state index is -0.344. The highest BCUT2D eigenvalue weighted by Crippen LogP contribution is 2.40. The lowest BCUT2D eigenvalue weighted by Gasteiger charge is -2.38. The van der Waals surface area contributed by atoms with Gasteiger partial charge in [-0.15, -0.1) is 0 Å². The van der Waals surface area contributed by atoms with Gasteiger partial charge in [0, 0.05) is 49.5 Å². The molecule has 0 bridgehead atoms. The van der Waals surface area contributed by atoms with Gasteiger partial charge in [-0.2, -0.15) is 0 Å². The third-order valence-electron chi connectivity index (χ3n) is 6.77. The average molecular weight is 547 g/mol. The van der Waals surface area contributed by atoms with Crippen molar-refractivity contribution in [2.45, 2.75) is 38.5 Å². The first-order valence-electron chi connectivity index (χ1n) is 12.9. The van der Waals surface area contributed by atoms with E-state index in [9.17, 15) is 9.59 Å². The Morgan fingerprint density at radius 3 is 2.69 bits per heavy atom. The highest BCUT2D eigenvalue weighted by molar-refractivity contribution is 6.32. The number of morpholine rings is 1. The van der Waals surface area contributed by atoms with Gasteiger partial charge in [-0.25, -0.2) is 4.98 Å². The predicted molar refractivity (Wildman–Crippen MR) is 151 cm³/mol. The van der Waals surface area contributed by atoms with Gasteiger partial charge in [0.15, 0.2) is 0 Å². The lowest BCUT2D eigenvalue weighted by molar-refractivity contribution is -0.116. The molecule has 0 saturated carbocycles. The molecule has 1 atom stereocenters. The number of carbonyl (C=O) groups is 2. The normalized spacial score (nSPS) is 18.0. The fraction of sp³-hybridized carbons (Fsp3) is 0.300. The molecule has 0 aliphatic carbocycles. The average Bonchev–Trinajstić information content (AvgIpc) is 3.34. The first-order chi connectivity index (χ1) is 18.7. The molecule has 2 amide bonds. The van der Waals surface area contributed by atoms with Crippen LogP contribution in [0, 0.1) is 0 Å². The maximum absolute atomic E-state index is 13.0. The van der Waals surface area contributed by atoms with Crippen LogP contribution in [-0.4, -0.2) is 53.1 Å². The summed E-state index contributed by atoms with van der Waals surface area (Å²) in [6.45, 7) is 6.02. The van der Waals surface area contributed by atoms with Crippen molar-refractivity contribution in [2.75, 3.05) is 25.4 Å². The molecule has 39 heavy (non-hydrogen) atoms. The second kappa shape index (κ2) is 11.1. The Balaban J connectivity index is 1.21. The molecule has 0 radical (unpaired) electrons. The zero-order chi connectivity index (χ0) is 27.6. The zero-order valence-corrected chi connectivity index (χ0v) is 22.7. The van der Waals surface area contributed by atoms with Crippen molar-refractivity contribution in [1.29, 1.82) is 0 Å². The van der Waals surface area contributed by atoms with Gasteiger partial charge < -0.3 is 25.4 Å². The number of amides is 2. The Kier molecular flexibility index (Phi) is 7.59. The molecule has 202 valence electrons. The number of aromatic nitrogens is 1. The van der Waals surface area contributed by atoms with Gasteiger partial charge in [0.2, 0.25) is 5.91 Å². The van der Waals surface area contributed by atoms with E-state index in [0.29, 0.717) is 54.8 Å². The maximum atomic E-state index is 13.0. The maximum Gasteiger partial charge on any atom is 0.254 e. The molecule has 1 unspecified atom stereocenters. The third-order valence-corrected chi connectivity index (χ3v) is 7.05. The number of benzene rings is 2. The molecule has 3 aromatic rings. The fourth-order valence-corrected chi connectivity index (χ4v) is 5.06. The van der Waals surface area contributed by atoms with Crippen LogP contribution in [0.25, 0.3) is 11.1 Å². The van der Waals surface area contributed by atoms with E-state index in [-0.39, 0.29) is 23.5 Å². The molecule has 9 heteroatoms.